The number of anilines is 1. The molecule has 2 fully saturated rings. The number of carbonyl (C=O) groups is 2. The summed E-state index contributed by atoms with van der Waals surface area (Å²) >= 11 is 6.08. The molecule has 1 aromatic carbocycles. The highest BCUT2D eigenvalue weighted by atomic mass is 35.5. The van der Waals surface area contributed by atoms with Crippen molar-refractivity contribution in [2.75, 3.05) is 58.7 Å². The second-order valence-electron chi connectivity index (χ2n) is 8.72. The van der Waals surface area contributed by atoms with E-state index in [9.17, 15) is 9.59 Å². The van der Waals surface area contributed by atoms with Gasteiger partial charge in [-0.05, 0) is 24.8 Å². The summed E-state index contributed by atoms with van der Waals surface area (Å²) in [5.74, 6) is 0.624. The average molecular weight is 491 g/mol. The lowest BCUT2D eigenvalue weighted by atomic mass is 9.96. The number of benzene rings is 1. The quantitative estimate of drug-likeness (QED) is 0.594. The number of aromatic nitrogens is 2. The van der Waals surface area contributed by atoms with E-state index in [1.165, 1.54) is 17.7 Å². The van der Waals surface area contributed by atoms with Gasteiger partial charge in [0.05, 0.1) is 36.1 Å². The molecule has 10 nitrogen and oxygen atoms in total. The minimum Gasteiger partial charge on any atom is -0.496 e. The van der Waals surface area contributed by atoms with Crippen LogP contribution in [0.4, 0.5) is 10.5 Å². The molecule has 2 aromatic rings. The Labute approximate surface area is 203 Å². The van der Waals surface area contributed by atoms with E-state index in [1.807, 2.05) is 4.90 Å². The van der Waals surface area contributed by atoms with Crippen molar-refractivity contribution in [1.82, 2.24) is 24.7 Å². The molecule has 2 amide bonds. The topological polar surface area (TPSA) is 115 Å². The van der Waals surface area contributed by atoms with Gasteiger partial charge >= 0.3 is 6.03 Å². The fourth-order valence-electron chi connectivity index (χ4n) is 4.49. The van der Waals surface area contributed by atoms with E-state index in [2.05, 4.69) is 15.2 Å². The Balaban J connectivity index is 1.23. The van der Waals surface area contributed by atoms with Crippen molar-refractivity contribution in [2.45, 2.75) is 18.9 Å². The molecule has 0 radical (unpaired) electrons. The Morgan fingerprint density at radius 2 is 2.09 bits per heavy atom. The molecule has 4 rings (SSSR count). The van der Waals surface area contributed by atoms with Crippen molar-refractivity contribution in [2.24, 2.45) is 5.92 Å². The Kier molecular flexibility index (Phi) is 7.91. The predicted octanol–water partition coefficient (Wildman–Crippen LogP) is 1.94. The number of nitrogens with zero attached hydrogens (tertiary/aromatic N) is 4. The number of likely N-dealkylation sites (tertiary alicyclic amines) is 1. The zero-order chi connectivity index (χ0) is 24.1. The molecule has 3 heterocycles. The smallest absolute Gasteiger partial charge is 0.329 e. The lowest BCUT2D eigenvalue weighted by Crippen LogP contribution is -2.50. The summed E-state index contributed by atoms with van der Waals surface area (Å²) < 4.78 is 12.7. The van der Waals surface area contributed by atoms with Crippen LogP contribution in [-0.4, -0.2) is 90.4 Å². The van der Waals surface area contributed by atoms with Gasteiger partial charge in [0.2, 0.25) is 0 Å². The number of nitrogens with one attached hydrogen (secondary N) is 1. The largest absolute Gasteiger partial charge is 0.496 e. The van der Waals surface area contributed by atoms with Crippen LogP contribution < -0.4 is 15.8 Å². The Hall–Kier alpha value is -2.82. The van der Waals surface area contributed by atoms with E-state index in [0.717, 1.165) is 45.6 Å². The maximum Gasteiger partial charge on any atom is 0.329 e. The molecule has 3 N–H and O–H groups in total. The maximum absolute atomic E-state index is 12.7. The summed E-state index contributed by atoms with van der Waals surface area (Å²) in [4.78, 5) is 33.4. The van der Waals surface area contributed by atoms with Crippen molar-refractivity contribution in [3.8, 4) is 5.75 Å². The standard InChI is InChI=1S/C23H31ClN6O4/c1-33-21-11-20(25)19(24)10-18(21)22(31)27-12-17-14-28(8-9-34-17)13-16-2-5-29(6-3-16)23(32)30-7-4-26-15-30/h4,7,10-11,15-17H,2-3,5-6,8-9,12-14,25H2,1H3,(H,27,31)/t17-/m0/s1. The van der Waals surface area contributed by atoms with Crippen LogP contribution in [0.25, 0.3) is 0 Å². The molecule has 0 unspecified atom stereocenters. The van der Waals surface area contributed by atoms with Gasteiger partial charge in [0.25, 0.3) is 5.91 Å². The molecule has 0 aliphatic carbocycles. The van der Waals surface area contributed by atoms with E-state index < -0.39 is 0 Å². The number of morpholine rings is 1. The van der Waals surface area contributed by atoms with E-state index >= 15 is 0 Å². The minimum absolute atomic E-state index is 0.0165. The number of ether oxygens (including phenoxy) is 2. The Bertz CT molecular complexity index is 994. The highest BCUT2D eigenvalue weighted by molar-refractivity contribution is 6.33. The van der Waals surface area contributed by atoms with Gasteiger partial charge in [-0.2, -0.15) is 0 Å². The van der Waals surface area contributed by atoms with E-state index in [0.29, 0.717) is 41.1 Å². The number of methoxy groups -OCH3 is 1. The first-order valence-corrected chi connectivity index (χ1v) is 11.8. The van der Waals surface area contributed by atoms with Crippen molar-refractivity contribution in [3.05, 3.63) is 41.4 Å². The van der Waals surface area contributed by atoms with Crippen LogP contribution in [0.1, 0.15) is 23.2 Å². The van der Waals surface area contributed by atoms with Crippen molar-refractivity contribution >= 4 is 29.2 Å². The van der Waals surface area contributed by atoms with Crippen molar-refractivity contribution in [1.29, 1.82) is 0 Å². The van der Waals surface area contributed by atoms with Crippen LogP contribution in [0.2, 0.25) is 5.02 Å². The monoisotopic (exact) mass is 490 g/mol. The number of nitrogen functional groups attached to an aromatic ring is 1. The molecule has 2 aliphatic rings. The molecule has 2 aliphatic heterocycles. The summed E-state index contributed by atoms with van der Waals surface area (Å²) in [6.45, 7) is 5.07. The number of hydrogen-bond donors (Lipinski definition) is 2. The van der Waals surface area contributed by atoms with Gasteiger partial charge in [-0.25, -0.2) is 9.78 Å². The molecule has 1 aromatic heterocycles. The van der Waals surface area contributed by atoms with Crippen LogP contribution in [0.3, 0.4) is 0 Å². The number of piperidine rings is 1. The number of nitrogens with two attached hydrogens (primary N) is 1. The molecule has 34 heavy (non-hydrogen) atoms. The first-order chi connectivity index (χ1) is 16.4. The predicted molar refractivity (Wildman–Crippen MR) is 128 cm³/mol. The van der Waals surface area contributed by atoms with Crippen LogP contribution in [0.5, 0.6) is 5.75 Å². The van der Waals surface area contributed by atoms with Gasteiger partial charge in [0, 0.05) is 57.7 Å². The lowest BCUT2D eigenvalue weighted by Gasteiger charge is -2.38. The Morgan fingerprint density at radius 1 is 1.29 bits per heavy atom. The SMILES string of the molecule is COc1cc(N)c(Cl)cc1C(=O)NC[C@H]1CN(CC2CCN(C(=O)n3ccnc3)CC2)CCO1. The second-order valence-corrected chi connectivity index (χ2v) is 9.13. The van der Waals surface area contributed by atoms with Gasteiger partial charge in [-0.15, -0.1) is 0 Å². The molecular formula is C23H31ClN6O4. The highest BCUT2D eigenvalue weighted by Gasteiger charge is 2.28. The van der Waals surface area contributed by atoms with Crippen LogP contribution in [0, 0.1) is 5.92 Å². The van der Waals surface area contributed by atoms with Crippen LogP contribution >= 0.6 is 11.6 Å². The lowest BCUT2D eigenvalue weighted by molar-refractivity contribution is -0.0330. The normalized spacial score (nSPS) is 19.7. The number of imidazole rings is 1. The fraction of sp³-hybridized carbons (Fsp3) is 0.522. The van der Waals surface area contributed by atoms with Crippen LogP contribution in [0.15, 0.2) is 30.9 Å². The first kappa shape index (κ1) is 24.3. The summed E-state index contributed by atoms with van der Waals surface area (Å²) in [5.41, 5.74) is 6.50. The number of halogens is 1. The highest BCUT2D eigenvalue weighted by Crippen LogP contribution is 2.28. The number of hydrogen-bond acceptors (Lipinski definition) is 7. The third-order valence-electron chi connectivity index (χ3n) is 6.40. The van der Waals surface area contributed by atoms with Crippen molar-refractivity contribution < 1.29 is 19.1 Å². The molecular weight excluding hydrogens is 460 g/mol. The number of rotatable bonds is 6. The summed E-state index contributed by atoms with van der Waals surface area (Å²) in [6.07, 6.45) is 6.67. The molecule has 11 heteroatoms. The number of carbonyl (C=O) groups excluding carboxylic acids is 2. The molecule has 0 saturated carbocycles. The van der Waals surface area contributed by atoms with E-state index in [4.69, 9.17) is 26.8 Å². The van der Waals surface area contributed by atoms with Gasteiger partial charge in [0.1, 0.15) is 12.1 Å². The maximum atomic E-state index is 12.7. The van der Waals surface area contributed by atoms with Gasteiger partial charge in [-0.1, -0.05) is 11.6 Å². The molecule has 0 spiro atoms. The number of amides is 2. The third kappa shape index (κ3) is 5.81. The summed E-state index contributed by atoms with van der Waals surface area (Å²) in [6, 6.07) is 3.05. The third-order valence-corrected chi connectivity index (χ3v) is 6.73. The average Bonchev–Trinajstić information content (AvgIpc) is 3.39. The molecule has 0 bridgehead atoms. The summed E-state index contributed by atoms with van der Waals surface area (Å²) in [5, 5.41) is 3.23. The van der Waals surface area contributed by atoms with Crippen LogP contribution in [-0.2, 0) is 4.74 Å². The fourth-order valence-corrected chi connectivity index (χ4v) is 4.66. The second kappa shape index (κ2) is 11.1. The zero-order valence-corrected chi connectivity index (χ0v) is 20.0. The first-order valence-electron chi connectivity index (χ1n) is 11.5. The molecule has 184 valence electrons. The van der Waals surface area contributed by atoms with Gasteiger partial charge in [-0.3, -0.25) is 14.3 Å². The van der Waals surface area contributed by atoms with Gasteiger partial charge in [0.15, 0.2) is 0 Å². The van der Waals surface area contributed by atoms with Gasteiger partial charge < -0.3 is 25.4 Å². The molecule has 1 atom stereocenters. The zero-order valence-electron chi connectivity index (χ0n) is 19.3. The van der Waals surface area contributed by atoms with E-state index in [1.54, 1.807) is 24.8 Å². The minimum atomic E-state index is -0.283. The van der Waals surface area contributed by atoms with E-state index in [-0.39, 0.29) is 18.0 Å². The van der Waals surface area contributed by atoms with Crippen molar-refractivity contribution in [3.63, 3.8) is 0 Å². The molecule has 2 saturated heterocycles. The Morgan fingerprint density at radius 3 is 2.79 bits per heavy atom. The summed E-state index contributed by atoms with van der Waals surface area (Å²) in [7, 11) is 1.49.